The first-order chi connectivity index (χ1) is 13.8. The second-order valence-electron chi connectivity index (χ2n) is 7.16. The summed E-state index contributed by atoms with van der Waals surface area (Å²) in [5.41, 5.74) is 0.162. The highest BCUT2D eigenvalue weighted by molar-refractivity contribution is 5.99. The molecule has 7 nitrogen and oxygen atoms in total. The van der Waals surface area contributed by atoms with Gasteiger partial charge in [0.05, 0.1) is 12.8 Å². The van der Waals surface area contributed by atoms with Crippen LogP contribution in [0.4, 0.5) is 0 Å². The van der Waals surface area contributed by atoms with E-state index < -0.39 is 17.2 Å². The molecule has 0 saturated carbocycles. The van der Waals surface area contributed by atoms with Crippen molar-refractivity contribution in [1.82, 2.24) is 14.8 Å². The lowest BCUT2D eigenvalue weighted by molar-refractivity contribution is 0.0776. The Morgan fingerprint density at radius 1 is 1.28 bits per heavy atom. The number of carbonyl (C=O) groups is 2. The van der Waals surface area contributed by atoms with Gasteiger partial charge in [-0.25, -0.2) is 0 Å². The third kappa shape index (κ3) is 5.47. The quantitative estimate of drug-likeness (QED) is 0.655. The lowest BCUT2D eigenvalue weighted by atomic mass is 10.1. The maximum absolute atomic E-state index is 13.0. The second-order valence-corrected chi connectivity index (χ2v) is 7.16. The van der Waals surface area contributed by atoms with E-state index in [1.807, 2.05) is 27.7 Å². The molecular formula is C22H29N3O4. The van der Waals surface area contributed by atoms with Crippen LogP contribution in [0.25, 0.3) is 0 Å². The Kier molecular flexibility index (Phi) is 7.59. The molecule has 156 valence electrons. The number of rotatable bonds is 9. The van der Waals surface area contributed by atoms with E-state index in [-0.39, 0.29) is 23.7 Å². The van der Waals surface area contributed by atoms with Crippen LogP contribution in [0, 0.1) is 0 Å². The van der Waals surface area contributed by atoms with Gasteiger partial charge >= 0.3 is 0 Å². The molecule has 7 heteroatoms. The number of amides is 2. The molecule has 0 bridgehead atoms. The van der Waals surface area contributed by atoms with Gasteiger partial charge in [-0.3, -0.25) is 14.4 Å². The fourth-order valence-corrected chi connectivity index (χ4v) is 2.88. The van der Waals surface area contributed by atoms with Crippen LogP contribution < -0.4 is 10.7 Å². The number of aromatic nitrogens is 1. The SMILES string of the molecule is C=C(C)CN(CC)C(=O)c1cn(C(C)CC)cc(C(=O)NCc2ccco2)c1=O. The molecule has 0 spiro atoms. The zero-order valence-corrected chi connectivity index (χ0v) is 17.5. The van der Waals surface area contributed by atoms with Crippen LogP contribution in [-0.4, -0.2) is 34.4 Å². The maximum atomic E-state index is 13.0. The van der Waals surface area contributed by atoms with Crippen molar-refractivity contribution in [3.63, 3.8) is 0 Å². The van der Waals surface area contributed by atoms with Crippen molar-refractivity contribution in [1.29, 1.82) is 0 Å². The van der Waals surface area contributed by atoms with Crippen molar-refractivity contribution < 1.29 is 14.0 Å². The molecular weight excluding hydrogens is 370 g/mol. The maximum Gasteiger partial charge on any atom is 0.259 e. The molecule has 29 heavy (non-hydrogen) atoms. The van der Waals surface area contributed by atoms with Crippen LogP contribution >= 0.6 is 0 Å². The molecule has 2 heterocycles. The van der Waals surface area contributed by atoms with Gasteiger partial charge in [-0.15, -0.1) is 0 Å². The minimum atomic E-state index is -0.577. The normalized spacial score (nSPS) is 11.7. The first kappa shape index (κ1) is 22.2. The fraction of sp³-hybridized carbons (Fsp3) is 0.409. The molecule has 0 aromatic carbocycles. The number of hydrogen-bond donors (Lipinski definition) is 1. The van der Waals surface area contributed by atoms with E-state index in [9.17, 15) is 14.4 Å². The average Bonchev–Trinajstić information content (AvgIpc) is 3.22. The first-order valence-corrected chi connectivity index (χ1v) is 9.78. The molecule has 2 amide bonds. The van der Waals surface area contributed by atoms with Gasteiger partial charge in [0.1, 0.15) is 16.9 Å². The Balaban J connectivity index is 2.43. The highest BCUT2D eigenvalue weighted by Gasteiger charge is 2.23. The summed E-state index contributed by atoms with van der Waals surface area (Å²) in [6, 6.07) is 3.47. The molecule has 1 unspecified atom stereocenters. The Hall–Kier alpha value is -3.09. The number of likely N-dealkylation sites (N-methyl/N-ethyl adjacent to an activating group) is 1. The molecule has 0 aliphatic carbocycles. The van der Waals surface area contributed by atoms with Crippen LogP contribution in [0.5, 0.6) is 0 Å². The van der Waals surface area contributed by atoms with Crippen LogP contribution in [0.3, 0.4) is 0 Å². The largest absolute Gasteiger partial charge is 0.467 e. The number of pyridine rings is 1. The summed E-state index contributed by atoms with van der Waals surface area (Å²) in [5.74, 6) is -0.370. The standard InChI is InChI=1S/C22H29N3O4/c1-6-16(5)25-13-18(21(27)23-11-17-9-8-10-29-17)20(26)19(14-25)22(28)24(7-2)12-15(3)4/h8-10,13-14,16H,3,6-7,11-12H2,1-2,4-5H3,(H,23,27). The summed E-state index contributed by atoms with van der Waals surface area (Å²) in [4.78, 5) is 40.3. The number of nitrogens with zero attached hydrogens (tertiary/aromatic N) is 2. The lowest BCUT2D eigenvalue weighted by Gasteiger charge is -2.22. The summed E-state index contributed by atoms with van der Waals surface area (Å²) in [6.45, 7) is 12.4. The average molecular weight is 399 g/mol. The lowest BCUT2D eigenvalue weighted by Crippen LogP contribution is -2.38. The van der Waals surface area contributed by atoms with Crippen molar-refractivity contribution in [3.05, 3.63) is 70.1 Å². The highest BCUT2D eigenvalue weighted by atomic mass is 16.3. The topological polar surface area (TPSA) is 84.6 Å². The molecule has 1 atom stereocenters. The van der Waals surface area contributed by atoms with Gasteiger partial charge in [0.2, 0.25) is 5.43 Å². The number of carbonyl (C=O) groups excluding carboxylic acids is 2. The van der Waals surface area contributed by atoms with Gasteiger partial charge in [0.25, 0.3) is 11.8 Å². The van der Waals surface area contributed by atoms with Crippen LogP contribution in [0.2, 0.25) is 0 Å². The van der Waals surface area contributed by atoms with Crippen LogP contribution in [-0.2, 0) is 6.54 Å². The van der Waals surface area contributed by atoms with Gasteiger partial charge in [-0.2, -0.15) is 0 Å². The Labute approximate surface area is 171 Å². The van der Waals surface area contributed by atoms with Crippen molar-refractivity contribution in [2.75, 3.05) is 13.1 Å². The van der Waals surface area contributed by atoms with Gasteiger partial charge in [0, 0.05) is 31.5 Å². The van der Waals surface area contributed by atoms with Crippen molar-refractivity contribution in [3.8, 4) is 0 Å². The van der Waals surface area contributed by atoms with Crippen molar-refractivity contribution >= 4 is 11.8 Å². The summed E-state index contributed by atoms with van der Waals surface area (Å²) >= 11 is 0. The van der Waals surface area contributed by atoms with E-state index >= 15 is 0 Å². The molecule has 0 saturated heterocycles. The molecule has 0 fully saturated rings. The third-order valence-electron chi connectivity index (χ3n) is 4.75. The second kappa shape index (κ2) is 9.91. The van der Waals surface area contributed by atoms with Crippen LogP contribution in [0.1, 0.15) is 66.6 Å². The molecule has 2 aromatic rings. The smallest absolute Gasteiger partial charge is 0.259 e. The Morgan fingerprint density at radius 3 is 2.52 bits per heavy atom. The van der Waals surface area contributed by atoms with Crippen molar-refractivity contribution in [2.24, 2.45) is 0 Å². The van der Waals surface area contributed by atoms with Crippen LogP contribution in [0.15, 0.2) is 52.2 Å². The zero-order chi connectivity index (χ0) is 21.6. The van der Waals surface area contributed by atoms with E-state index in [2.05, 4.69) is 11.9 Å². The zero-order valence-electron chi connectivity index (χ0n) is 17.5. The molecule has 2 aromatic heterocycles. The highest BCUT2D eigenvalue weighted by Crippen LogP contribution is 2.13. The van der Waals surface area contributed by atoms with E-state index in [0.29, 0.717) is 18.8 Å². The van der Waals surface area contributed by atoms with E-state index in [4.69, 9.17) is 4.42 Å². The molecule has 0 aliphatic heterocycles. The summed E-state index contributed by atoms with van der Waals surface area (Å²) in [7, 11) is 0. The first-order valence-electron chi connectivity index (χ1n) is 9.78. The van der Waals surface area contributed by atoms with Gasteiger partial charge < -0.3 is 19.2 Å². The predicted molar refractivity (Wildman–Crippen MR) is 112 cm³/mol. The number of nitrogens with one attached hydrogen (secondary N) is 1. The summed E-state index contributed by atoms with van der Waals surface area (Å²) in [5, 5.41) is 2.68. The van der Waals surface area contributed by atoms with Gasteiger partial charge in [-0.05, 0) is 39.3 Å². The monoisotopic (exact) mass is 399 g/mol. The van der Waals surface area contributed by atoms with Gasteiger partial charge in [0.15, 0.2) is 0 Å². The van der Waals surface area contributed by atoms with E-state index in [1.54, 1.807) is 27.8 Å². The number of hydrogen-bond acceptors (Lipinski definition) is 4. The Bertz CT molecular complexity index is 928. The number of furan rings is 1. The van der Waals surface area contributed by atoms with E-state index in [1.165, 1.54) is 12.5 Å². The molecule has 0 aliphatic rings. The van der Waals surface area contributed by atoms with E-state index in [0.717, 1.165) is 12.0 Å². The summed E-state index contributed by atoms with van der Waals surface area (Å²) in [6.07, 6.45) is 5.36. The fourth-order valence-electron chi connectivity index (χ4n) is 2.88. The Morgan fingerprint density at radius 2 is 1.97 bits per heavy atom. The predicted octanol–water partition coefficient (Wildman–Crippen LogP) is 3.38. The molecule has 1 N–H and O–H groups in total. The van der Waals surface area contributed by atoms with Crippen molar-refractivity contribution in [2.45, 2.75) is 46.7 Å². The molecule has 2 rings (SSSR count). The molecule has 0 radical (unpaired) electrons. The minimum absolute atomic E-state index is 0.0148. The third-order valence-corrected chi connectivity index (χ3v) is 4.75. The van der Waals surface area contributed by atoms with Gasteiger partial charge in [-0.1, -0.05) is 19.1 Å². The minimum Gasteiger partial charge on any atom is -0.467 e. The summed E-state index contributed by atoms with van der Waals surface area (Å²) < 4.78 is 6.96.